The van der Waals surface area contributed by atoms with Crippen molar-refractivity contribution in [2.75, 3.05) is 11.6 Å². The Morgan fingerprint density at radius 2 is 2.20 bits per heavy atom. The number of fused-ring (bicyclic) bond motifs is 1. The summed E-state index contributed by atoms with van der Waals surface area (Å²) in [7, 11) is 0. The predicted octanol–water partition coefficient (Wildman–Crippen LogP) is 2.53. The fourth-order valence-electron chi connectivity index (χ4n) is 1.54. The summed E-state index contributed by atoms with van der Waals surface area (Å²) in [5, 5.41) is 6.27. The fourth-order valence-corrected chi connectivity index (χ4v) is 1.54. The third kappa shape index (κ3) is 2.08. The summed E-state index contributed by atoms with van der Waals surface area (Å²) in [5.74, 6) is 2.63. The quantitative estimate of drug-likeness (QED) is 0.664. The van der Waals surface area contributed by atoms with Gasteiger partial charge in [0.15, 0.2) is 0 Å². The third-order valence-electron chi connectivity index (χ3n) is 2.25. The molecule has 0 bridgehead atoms. The molecule has 0 aliphatic carbocycles. The highest BCUT2D eigenvalue weighted by Gasteiger charge is 2.08. The van der Waals surface area contributed by atoms with Crippen LogP contribution in [0.5, 0.6) is 0 Å². The number of anilines is 1. The van der Waals surface area contributed by atoms with Gasteiger partial charge in [-0.3, -0.25) is 5.01 Å². The van der Waals surface area contributed by atoms with Crippen LogP contribution in [0.1, 0.15) is 12.0 Å². The molecule has 0 saturated carbocycles. The topological polar surface area (TPSA) is 15.6 Å². The number of allylic oxidation sites excluding steroid dienone is 1. The van der Waals surface area contributed by atoms with E-state index in [1.165, 1.54) is 5.56 Å². The van der Waals surface area contributed by atoms with E-state index in [0.29, 0.717) is 6.42 Å². The number of hydrogen-bond acceptors (Lipinski definition) is 2. The normalized spacial score (nSPS) is 13.1. The molecule has 0 N–H and O–H groups in total. The minimum Gasteiger partial charge on any atom is -0.264 e. The van der Waals surface area contributed by atoms with Crippen LogP contribution in [-0.4, -0.2) is 12.8 Å². The maximum absolute atomic E-state index is 5.26. The average Bonchev–Trinajstić information content (AvgIpc) is 2.49. The first-order valence-corrected chi connectivity index (χ1v) is 4.92. The summed E-state index contributed by atoms with van der Waals surface area (Å²) in [5.41, 5.74) is 2.28. The van der Waals surface area contributed by atoms with Gasteiger partial charge in [-0.25, -0.2) is 0 Å². The molecule has 2 heteroatoms. The van der Waals surface area contributed by atoms with E-state index in [2.05, 4.69) is 29.2 Å². The Bertz CT molecular complexity index is 438. The second-order valence-corrected chi connectivity index (χ2v) is 3.26. The van der Waals surface area contributed by atoms with Crippen molar-refractivity contribution in [3.8, 4) is 12.3 Å². The number of para-hydroxylation sites is 1. The van der Waals surface area contributed by atoms with Crippen molar-refractivity contribution >= 4 is 18.0 Å². The number of benzene rings is 1. The van der Waals surface area contributed by atoms with E-state index in [-0.39, 0.29) is 0 Å². The molecule has 2 nitrogen and oxygen atoms in total. The van der Waals surface area contributed by atoms with E-state index >= 15 is 0 Å². The molecule has 1 aliphatic heterocycles. The summed E-state index contributed by atoms with van der Waals surface area (Å²) >= 11 is 0. The molecule has 0 aromatic heterocycles. The van der Waals surface area contributed by atoms with Gasteiger partial charge in [-0.15, -0.1) is 12.3 Å². The van der Waals surface area contributed by atoms with Crippen molar-refractivity contribution in [2.45, 2.75) is 6.42 Å². The Morgan fingerprint density at radius 1 is 1.33 bits per heavy atom. The number of hydrazone groups is 1. The van der Waals surface area contributed by atoms with E-state index < -0.39 is 0 Å². The Hall–Kier alpha value is -2.01. The summed E-state index contributed by atoms with van der Waals surface area (Å²) in [6.45, 7) is 0.756. The first kappa shape index (κ1) is 9.54. The zero-order valence-corrected chi connectivity index (χ0v) is 8.43. The van der Waals surface area contributed by atoms with Crippen molar-refractivity contribution in [2.24, 2.45) is 5.10 Å². The minimum atomic E-state index is 0.700. The van der Waals surface area contributed by atoms with Crippen LogP contribution in [-0.2, 0) is 0 Å². The molecule has 15 heavy (non-hydrogen) atoms. The fraction of sp³-hybridized carbons (Fsp3) is 0.154. The molecular formula is C13H12N2. The van der Waals surface area contributed by atoms with E-state index in [1.54, 1.807) is 6.21 Å². The molecule has 0 atom stereocenters. The van der Waals surface area contributed by atoms with Crippen LogP contribution < -0.4 is 5.01 Å². The van der Waals surface area contributed by atoms with Gasteiger partial charge in [-0.1, -0.05) is 24.3 Å². The van der Waals surface area contributed by atoms with Gasteiger partial charge in [0, 0.05) is 12.6 Å². The molecule has 0 unspecified atom stereocenters. The van der Waals surface area contributed by atoms with Crippen molar-refractivity contribution in [3.63, 3.8) is 0 Å². The Kier molecular flexibility index (Phi) is 2.85. The lowest BCUT2D eigenvalue weighted by molar-refractivity contribution is 0.856. The van der Waals surface area contributed by atoms with E-state index in [4.69, 9.17) is 6.42 Å². The van der Waals surface area contributed by atoms with Crippen LogP contribution in [0.3, 0.4) is 0 Å². The lowest BCUT2D eigenvalue weighted by atomic mass is 10.1. The molecule has 1 heterocycles. The van der Waals surface area contributed by atoms with Gasteiger partial charge >= 0.3 is 0 Å². The van der Waals surface area contributed by atoms with Crippen molar-refractivity contribution < 1.29 is 0 Å². The van der Waals surface area contributed by atoms with E-state index in [1.807, 2.05) is 23.2 Å². The lowest BCUT2D eigenvalue weighted by Crippen LogP contribution is -2.17. The smallest absolute Gasteiger partial charge is 0.0666 e. The number of nitrogens with zero attached hydrogens (tertiary/aromatic N) is 2. The highest BCUT2D eigenvalue weighted by molar-refractivity contribution is 5.84. The monoisotopic (exact) mass is 196 g/mol. The maximum Gasteiger partial charge on any atom is 0.0666 e. The van der Waals surface area contributed by atoms with Crippen molar-refractivity contribution in [3.05, 3.63) is 35.9 Å². The lowest BCUT2D eigenvalue weighted by Gasteiger charge is -2.18. The summed E-state index contributed by atoms with van der Waals surface area (Å²) < 4.78 is 0. The highest BCUT2D eigenvalue weighted by atomic mass is 15.4. The predicted molar refractivity (Wildman–Crippen MR) is 64.8 cm³/mol. The highest BCUT2D eigenvalue weighted by Crippen LogP contribution is 2.23. The van der Waals surface area contributed by atoms with Gasteiger partial charge in [-0.2, -0.15) is 5.10 Å². The zero-order valence-electron chi connectivity index (χ0n) is 8.43. The first-order valence-electron chi connectivity index (χ1n) is 4.92. The molecule has 74 valence electrons. The van der Waals surface area contributed by atoms with Crippen LogP contribution in [0.25, 0.3) is 6.08 Å². The van der Waals surface area contributed by atoms with Crippen molar-refractivity contribution in [1.29, 1.82) is 0 Å². The maximum atomic E-state index is 5.26. The standard InChI is InChI=1S/C13H12N2/c1-2-3-11-15-13-9-5-4-7-12(13)8-6-10-14-15/h1,4-10H,3,11H2. The number of terminal acetylenes is 1. The molecule has 0 amide bonds. The molecule has 1 aromatic rings. The number of hydrogen-bond donors (Lipinski definition) is 0. The molecular weight excluding hydrogens is 184 g/mol. The summed E-state index contributed by atoms with van der Waals surface area (Å²) in [4.78, 5) is 0. The SMILES string of the molecule is C#CCCN1N=CC=Cc2ccccc21. The summed E-state index contributed by atoms with van der Waals surface area (Å²) in [6, 6.07) is 8.16. The molecule has 0 spiro atoms. The van der Waals surface area contributed by atoms with Gasteiger partial charge in [0.25, 0.3) is 0 Å². The van der Waals surface area contributed by atoms with Crippen LogP contribution in [0.4, 0.5) is 5.69 Å². The first-order chi connectivity index (χ1) is 7.42. The second-order valence-electron chi connectivity index (χ2n) is 3.26. The Labute approximate surface area is 89.9 Å². The molecule has 1 aromatic carbocycles. The number of rotatable bonds is 2. The molecule has 1 aliphatic rings. The van der Waals surface area contributed by atoms with Crippen LogP contribution >= 0.6 is 0 Å². The van der Waals surface area contributed by atoms with Gasteiger partial charge < -0.3 is 0 Å². The van der Waals surface area contributed by atoms with Gasteiger partial charge in [0.2, 0.25) is 0 Å². The second kappa shape index (κ2) is 4.47. The van der Waals surface area contributed by atoms with E-state index in [9.17, 15) is 0 Å². The van der Waals surface area contributed by atoms with Crippen LogP contribution in [0, 0.1) is 12.3 Å². The average molecular weight is 196 g/mol. The zero-order chi connectivity index (χ0) is 10.5. The molecule has 2 rings (SSSR count). The largest absolute Gasteiger partial charge is 0.264 e. The third-order valence-corrected chi connectivity index (χ3v) is 2.25. The molecule has 0 saturated heterocycles. The van der Waals surface area contributed by atoms with Crippen molar-refractivity contribution in [1.82, 2.24) is 0 Å². The molecule has 0 fully saturated rings. The summed E-state index contributed by atoms with van der Waals surface area (Å²) in [6.07, 6.45) is 11.7. The Morgan fingerprint density at radius 3 is 3.07 bits per heavy atom. The molecule has 0 radical (unpaired) electrons. The minimum absolute atomic E-state index is 0.700. The van der Waals surface area contributed by atoms with Crippen LogP contribution in [0.15, 0.2) is 35.4 Å². The van der Waals surface area contributed by atoms with E-state index in [0.717, 1.165) is 12.2 Å². The van der Waals surface area contributed by atoms with Gasteiger partial charge in [0.1, 0.15) is 0 Å². The van der Waals surface area contributed by atoms with Gasteiger partial charge in [0.05, 0.1) is 12.2 Å². The van der Waals surface area contributed by atoms with Gasteiger partial charge in [-0.05, 0) is 17.7 Å². The Balaban J connectivity index is 2.32. The van der Waals surface area contributed by atoms with Crippen LogP contribution in [0.2, 0.25) is 0 Å².